The van der Waals surface area contributed by atoms with Gasteiger partial charge in [0, 0.05) is 17.1 Å². The molecule has 1 aliphatic rings. The molecule has 1 heterocycles. The normalized spacial score (nSPS) is 26.1. The van der Waals surface area contributed by atoms with Gasteiger partial charge in [-0.15, -0.1) is 0 Å². The standard InChI is InChI=1S/C11H14BrNO3S/c1-7-10(4-5-14)17(15,16)11-6-8(12)2-3-9(11)13-7/h2-3,6-7,10,13-14H,4-5H2,1H3. The summed E-state index contributed by atoms with van der Waals surface area (Å²) >= 11 is 3.27. The predicted octanol–water partition coefficient (Wildman–Crippen LogP) is 1.79. The van der Waals surface area contributed by atoms with E-state index in [1.54, 1.807) is 18.2 Å². The van der Waals surface area contributed by atoms with Crippen molar-refractivity contribution in [1.29, 1.82) is 0 Å². The zero-order valence-corrected chi connectivity index (χ0v) is 11.8. The van der Waals surface area contributed by atoms with Crippen molar-refractivity contribution in [3.05, 3.63) is 22.7 Å². The minimum absolute atomic E-state index is 0.126. The van der Waals surface area contributed by atoms with Crippen LogP contribution in [-0.2, 0) is 9.84 Å². The average molecular weight is 320 g/mol. The zero-order valence-electron chi connectivity index (χ0n) is 9.35. The largest absolute Gasteiger partial charge is 0.396 e. The smallest absolute Gasteiger partial charge is 0.185 e. The third-order valence-electron chi connectivity index (χ3n) is 3.00. The van der Waals surface area contributed by atoms with Crippen LogP contribution in [0.15, 0.2) is 27.6 Å². The number of anilines is 1. The van der Waals surface area contributed by atoms with Crippen LogP contribution in [0.5, 0.6) is 0 Å². The summed E-state index contributed by atoms with van der Waals surface area (Å²) in [6.07, 6.45) is 0.252. The minimum Gasteiger partial charge on any atom is -0.396 e. The molecule has 2 atom stereocenters. The summed E-state index contributed by atoms with van der Waals surface area (Å²) in [7, 11) is -3.37. The lowest BCUT2D eigenvalue weighted by atomic mass is 10.1. The Morgan fingerprint density at radius 3 is 2.82 bits per heavy atom. The van der Waals surface area contributed by atoms with Crippen molar-refractivity contribution >= 4 is 31.5 Å². The summed E-state index contributed by atoms with van der Waals surface area (Å²) in [5, 5.41) is 11.6. The van der Waals surface area contributed by atoms with Crippen molar-refractivity contribution in [3.8, 4) is 0 Å². The summed E-state index contributed by atoms with van der Waals surface area (Å²) in [5.74, 6) is 0. The topological polar surface area (TPSA) is 66.4 Å². The summed E-state index contributed by atoms with van der Waals surface area (Å²) in [6, 6.07) is 4.97. The van der Waals surface area contributed by atoms with Gasteiger partial charge in [-0.2, -0.15) is 0 Å². The fourth-order valence-electron chi connectivity index (χ4n) is 2.15. The highest BCUT2D eigenvalue weighted by molar-refractivity contribution is 9.10. The first-order valence-corrected chi connectivity index (χ1v) is 7.71. The second kappa shape index (κ2) is 4.59. The van der Waals surface area contributed by atoms with Gasteiger partial charge in [-0.3, -0.25) is 0 Å². The molecule has 0 spiro atoms. The molecule has 6 heteroatoms. The third-order valence-corrected chi connectivity index (χ3v) is 5.89. The molecule has 2 N–H and O–H groups in total. The van der Waals surface area contributed by atoms with Crippen LogP contribution >= 0.6 is 15.9 Å². The van der Waals surface area contributed by atoms with E-state index in [9.17, 15) is 8.42 Å². The third kappa shape index (κ3) is 2.21. The van der Waals surface area contributed by atoms with Crippen LogP contribution in [0.25, 0.3) is 0 Å². The van der Waals surface area contributed by atoms with Crippen molar-refractivity contribution < 1.29 is 13.5 Å². The Morgan fingerprint density at radius 2 is 2.18 bits per heavy atom. The molecule has 0 radical (unpaired) electrons. The highest BCUT2D eigenvalue weighted by Gasteiger charge is 2.38. The lowest BCUT2D eigenvalue weighted by molar-refractivity contribution is 0.282. The van der Waals surface area contributed by atoms with Crippen molar-refractivity contribution in [2.75, 3.05) is 11.9 Å². The number of hydrogen-bond donors (Lipinski definition) is 2. The second-order valence-corrected chi connectivity index (χ2v) is 7.22. The summed E-state index contributed by atoms with van der Waals surface area (Å²) in [5.41, 5.74) is 0.634. The van der Waals surface area contributed by atoms with Crippen LogP contribution in [0.3, 0.4) is 0 Å². The lowest BCUT2D eigenvalue weighted by Gasteiger charge is -2.32. The zero-order chi connectivity index (χ0) is 12.6. The van der Waals surface area contributed by atoms with Gasteiger partial charge in [0.2, 0.25) is 0 Å². The van der Waals surface area contributed by atoms with E-state index < -0.39 is 15.1 Å². The van der Waals surface area contributed by atoms with Gasteiger partial charge >= 0.3 is 0 Å². The van der Waals surface area contributed by atoms with Crippen LogP contribution in [0, 0.1) is 0 Å². The number of aliphatic hydroxyl groups excluding tert-OH is 1. The number of halogens is 1. The van der Waals surface area contributed by atoms with E-state index in [4.69, 9.17) is 5.11 Å². The van der Waals surface area contributed by atoms with Gasteiger partial charge in [0.25, 0.3) is 0 Å². The Balaban J connectivity index is 2.55. The fourth-order valence-corrected chi connectivity index (χ4v) is 4.74. The maximum atomic E-state index is 12.4. The van der Waals surface area contributed by atoms with Crippen LogP contribution in [0.2, 0.25) is 0 Å². The maximum Gasteiger partial charge on any atom is 0.185 e. The van der Waals surface area contributed by atoms with E-state index in [0.29, 0.717) is 10.6 Å². The van der Waals surface area contributed by atoms with Gasteiger partial charge in [0.15, 0.2) is 9.84 Å². The number of benzene rings is 1. The van der Waals surface area contributed by atoms with Gasteiger partial charge in [0.05, 0.1) is 15.8 Å². The Morgan fingerprint density at radius 1 is 1.47 bits per heavy atom. The number of sulfone groups is 1. The molecule has 0 aliphatic carbocycles. The highest BCUT2D eigenvalue weighted by Crippen LogP contribution is 2.35. The first-order valence-electron chi connectivity index (χ1n) is 5.37. The van der Waals surface area contributed by atoms with Crippen molar-refractivity contribution in [3.63, 3.8) is 0 Å². The molecular weight excluding hydrogens is 306 g/mol. The summed E-state index contributed by atoms with van der Waals surface area (Å²) in [6.45, 7) is 1.70. The minimum atomic E-state index is -3.37. The number of rotatable bonds is 2. The molecule has 0 saturated carbocycles. The molecule has 17 heavy (non-hydrogen) atoms. The van der Waals surface area contributed by atoms with E-state index >= 15 is 0 Å². The molecule has 0 saturated heterocycles. The van der Waals surface area contributed by atoms with E-state index in [1.165, 1.54) is 0 Å². The Bertz CT molecular complexity index is 530. The number of fused-ring (bicyclic) bond motifs is 1. The average Bonchev–Trinajstić information content (AvgIpc) is 2.26. The summed E-state index contributed by atoms with van der Waals surface area (Å²) < 4.78 is 25.5. The highest BCUT2D eigenvalue weighted by atomic mass is 79.9. The van der Waals surface area contributed by atoms with E-state index in [0.717, 1.165) is 4.47 Å². The van der Waals surface area contributed by atoms with Gasteiger partial charge in [-0.1, -0.05) is 15.9 Å². The monoisotopic (exact) mass is 319 g/mol. The van der Waals surface area contributed by atoms with Crippen molar-refractivity contribution in [2.45, 2.75) is 29.5 Å². The molecular formula is C11H14BrNO3S. The molecule has 0 amide bonds. The Labute approximate surface area is 109 Å². The number of nitrogens with one attached hydrogen (secondary N) is 1. The first-order chi connectivity index (χ1) is 7.96. The lowest BCUT2D eigenvalue weighted by Crippen LogP contribution is -2.42. The molecule has 0 bridgehead atoms. The second-order valence-electron chi connectivity index (χ2n) is 4.17. The summed E-state index contributed by atoms with van der Waals surface area (Å²) in [4.78, 5) is 0.309. The molecule has 2 unspecified atom stereocenters. The molecule has 1 aromatic rings. The van der Waals surface area contributed by atoms with Gasteiger partial charge < -0.3 is 10.4 Å². The Kier molecular flexibility index (Phi) is 3.47. The first kappa shape index (κ1) is 12.9. The molecule has 1 aliphatic heterocycles. The van der Waals surface area contributed by atoms with E-state index in [1.807, 2.05) is 6.92 Å². The quantitative estimate of drug-likeness (QED) is 0.872. The fraction of sp³-hybridized carbons (Fsp3) is 0.455. The Hall–Kier alpha value is -0.590. The predicted molar refractivity (Wildman–Crippen MR) is 69.9 cm³/mol. The molecule has 2 rings (SSSR count). The van der Waals surface area contributed by atoms with Gasteiger partial charge in [-0.25, -0.2) is 8.42 Å². The maximum absolute atomic E-state index is 12.4. The number of aliphatic hydroxyl groups is 1. The van der Waals surface area contributed by atoms with E-state index in [-0.39, 0.29) is 19.1 Å². The van der Waals surface area contributed by atoms with Crippen LogP contribution in [-0.4, -0.2) is 31.4 Å². The van der Waals surface area contributed by atoms with Gasteiger partial charge in [0.1, 0.15) is 0 Å². The van der Waals surface area contributed by atoms with Crippen LogP contribution in [0.1, 0.15) is 13.3 Å². The van der Waals surface area contributed by atoms with Crippen molar-refractivity contribution in [1.82, 2.24) is 0 Å². The SMILES string of the molecule is CC1Nc2ccc(Br)cc2S(=O)(=O)C1CCO. The molecule has 94 valence electrons. The van der Waals surface area contributed by atoms with Crippen molar-refractivity contribution in [2.24, 2.45) is 0 Å². The van der Waals surface area contributed by atoms with Crippen LogP contribution in [0.4, 0.5) is 5.69 Å². The van der Waals surface area contributed by atoms with Gasteiger partial charge in [-0.05, 0) is 31.5 Å². The molecule has 4 nitrogen and oxygen atoms in total. The molecule has 0 aromatic heterocycles. The van der Waals surface area contributed by atoms with E-state index in [2.05, 4.69) is 21.2 Å². The molecule has 1 aromatic carbocycles. The molecule has 0 fully saturated rings. The van der Waals surface area contributed by atoms with Crippen LogP contribution < -0.4 is 5.32 Å². The number of hydrogen-bond acceptors (Lipinski definition) is 4.